The van der Waals surface area contributed by atoms with Gasteiger partial charge in [-0.15, -0.1) is 0 Å². The molecule has 0 radical (unpaired) electrons. The maximum Gasteiger partial charge on any atom is 0.223 e. The fourth-order valence-corrected chi connectivity index (χ4v) is 3.05. The third-order valence-electron chi connectivity index (χ3n) is 4.54. The Kier molecular flexibility index (Phi) is 4.28. The van der Waals surface area contributed by atoms with Crippen LogP contribution in [0.5, 0.6) is 0 Å². The van der Waals surface area contributed by atoms with E-state index >= 15 is 0 Å². The van der Waals surface area contributed by atoms with Crippen LogP contribution < -0.4 is 11.1 Å². The average molecular weight is 254 g/mol. The van der Waals surface area contributed by atoms with Gasteiger partial charge in [0, 0.05) is 25.1 Å². The molecule has 4 heteroatoms. The highest BCUT2D eigenvalue weighted by Gasteiger charge is 2.33. The summed E-state index contributed by atoms with van der Waals surface area (Å²) in [4.78, 5) is 12.1. The number of ether oxygens (including phenoxy) is 1. The maximum absolute atomic E-state index is 12.1. The van der Waals surface area contributed by atoms with Crippen LogP contribution in [0.15, 0.2) is 0 Å². The molecule has 1 heterocycles. The van der Waals surface area contributed by atoms with Gasteiger partial charge in [0.1, 0.15) is 0 Å². The van der Waals surface area contributed by atoms with Crippen molar-refractivity contribution in [2.45, 2.75) is 57.6 Å². The smallest absolute Gasteiger partial charge is 0.223 e. The van der Waals surface area contributed by atoms with E-state index in [-0.39, 0.29) is 23.5 Å². The minimum Gasteiger partial charge on any atom is -0.373 e. The highest BCUT2D eigenvalue weighted by atomic mass is 16.5. The summed E-state index contributed by atoms with van der Waals surface area (Å²) in [5.41, 5.74) is 5.84. The zero-order valence-corrected chi connectivity index (χ0v) is 11.6. The summed E-state index contributed by atoms with van der Waals surface area (Å²) < 4.78 is 5.68. The van der Waals surface area contributed by atoms with Gasteiger partial charge in [0.25, 0.3) is 0 Å². The Morgan fingerprint density at radius 2 is 2.28 bits per heavy atom. The van der Waals surface area contributed by atoms with Crippen molar-refractivity contribution in [2.24, 2.45) is 17.6 Å². The van der Waals surface area contributed by atoms with Gasteiger partial charge in [-0.3, -0.25) is 4.79 Å². The number of nitrogens with two attached hydrogens (primary N) is 1. The highest BCUT2D eigenvalue weighted by Crippen LogP contribution is 2.29. The van der Waals surface area contributed by atoms with Crippen LogP contribution in [-0.4, -0.2) is 30.7 Å². The van der Waals surface area contributed by atoms with Gasteiger partial charge in [-0.2, -0.15) is 0 Å². The van der Waals surface area contributed by atoms with Crippen molar-refractivity contribution in [2.75, 3.05) is 13.2 Å². The molecule has 1 aliphatic heterocycles. The molecule has 4 unspecified atom stereocenters. The lowest BCUT2D eigenvalue weighted by Crippen LogP contribution is -2.45. The lowest BCUT2D eigenvalue weighted by Gasteiger charge is -2.32. The van der Waals surface area contributed by atoms with E-state index in [0.29, 0.717) is 12.5 Å². The van der Waals surface area contributed by atoms with Gasteiger partial charge in [-0.05, 0) is 44.9 Å². The molecule has 0 spiro atoms. The molecule has 4 nitrogen and oxygen atoms in total. The summed E-state index contributed by atoms with van der Waals surface area (Å²) in [5.74, 6) is 0.781. The molecule has 2 rings (SSSR count). The molecule has 1 saturated heterocycles. The molecular formula is C14H26N2O2. The topological polar surface area (TPSA) is 64.3 Å². The minimum atomic E-state index is -0.146. The third kappa shape index (κ3) is 3.23. The molecule has 0 bridgehead atoms. The fourth-order valence-electron chi connectivity index (χ4n) is 3.05. The van der Waals surface area contributed by atoms with Gasteiger partial charge in [0.15, 0.2) is 0 Å². The lowest BCUT2D eigenvalue weighted by atomic mass is 9.79. The molecule has 4 atom stereocenters. The molecule has 1 aliphatic carbocycles. The number of carbonyl (C=O) groups is 1. The van der Waals surface area contributed by atoms with Crippen molar-refractivity contribution in [3.63, 3.8) is 0 Å². The zero-order chi connectivity index (χ0) is 13.2. The Morgan fingerprint density at radius 3 is 2.89 bits per heavy atom. The summed E-state index contributed by atoms with van der Waals surface area (Å²) in [6.07, 6.45) is 4.95. The lowest BCUT2D eigenvalue weighted by molar-refractivity contribution is -0.127. The first-order valence-electron chi connectivity index (χ1n) is 7.17. The first-order valence-corrected chi connectivity index (χ1v) is 7.17. The van der Waals surface area contributed by atoms with Crippen LogP contribution in [0.2, 0.25) is 0 Å². The van der Waals surface area contributed by atoms with Crippen LogP contribution in [0.25, 0.3) is 0 Å². The molecule has 2 aliphatic rings. The first kappa shape index (κ1) is 13.8. The zero-order valence-electron chi connectivity index (χ0n) is 11.6. The third-order valence-corrected chi connectivity index (χ3v) is 4.54. The van der Waals surface area contributed by atoms with Gasteiger partial charge < -0.3 is 15.8 Å². The molecule has 0 aromatic rings. The van der Waals surface area contributed by atoms with Crippen LogP contribution in [0.4, 0.5) is 0 Å². The number of carbonyl (C=O) groups excluding carboxylic acids is 1. The molecular weight excluding hydrogens is 228 g/mol. The monoisotopic (exact) mass is 254 g/mol. The quantitative estimate of drug-likeness (QED) is 0.801. The summed E-state index contributed by atoms with van der Waals surface area (Å²) >= 11 is 0. The number of amides is 1. The molecule has 1 saturated carbocycles. The Hall–Kier alpha value is -0.610. The molecule has 1 amide bonds. The normalized spacial score (nSPS) is 40.7. The Balaban J connectivity index is 1.78. The van der Waals surface area contributed by atoms with Crippen LogP contribution >= 0.6 is 0 Å². The molecule has 3 N–H and O–H groups in total. The van der Waals surface area contributed by atoms with Crippen molar-refractivity contribution < 1.29 is 9.53 Å². The van der Waals surface area contributed by atoms with E-state index in [0.717, 1.165) is 38.7 Å². The van der Waals surface area contributed by atoms with E-state index in [2.05, 4.69) is 19.2 Å². The number of hydrogen-bond acceptors (Lipinski definition) is 3. The number of nitrogens with one attached hydrogen (secondary N) is 1. The van der Waals surface area contributed by atoms with Gasteiger partial charge >= 0.3 is 0 Å². The van der Waals surface area contributed by atoms with E-state index in [9.17, 15) is 4.79 Å². The first-order chi connectivity index (χ1) is 8.50. The molecule has 0 aromatic heterocycles. The second-order valence-electron chi connectivity index (χ2n) is 6.27. The summed E-state index contributed by atoms with van der Waals surface area (Å²) in [6, 6.07) is 0.268. The number of rotatable bonds is 3. The van der Waals surface area contributed by atoms with Crippen molar-refractivity contribution in [3.05, 3.63) is 0 Å². The average Bonchev–Trinajstić information content (AvgIpc) is 2.77. The second kappa shape index (κ2) is 5.57. The van der Waals surface area contributed by atoms with Crippen LogP contribution in [0, 0.1) is 11.8 Å². The molecule has 0 aromatic carbocycles. The van der Waals surface area contributed by atoms with Gasteiger partial charge in [-0.25, -0.2) is 0 Å². The van der Waals surface area contributed by atoms with E-state index in [1.165, 1.54) is 0 Å². The van der Waals surface area contributed by atoms with Gasteiger partial charge in [0.2, 0.25) is 5.91 Å². The Labute approximate surface area is 110 Å². The van der Waals surface area contributed by atoms with Crippen LogP contribution in [0.3, 0.4) is 0 Å². The van der Waals surface area contributed by atoms with Crippen molar-refractivity contribution in [1.82, 2.24) is 5.32 Å². The van der Waals surface area contributed by atoms with Crippen LogP contribution in [-0.2, 0) is 9.53 Å². The SMILES string of the molecule is CC1CC(C(=O)NCC2(C)CCCO2)CCC1N. The van der Waals surface area contributed by atoms with Gasteiger partial charge in [-0.1, -0.05) is 6.92 Å². The summed E-state index contributed by atoms with van der Waals surface area (Å²) in [5, 5.41) is 3.07. The predicted octanol–water partition coefficient (Wildman–Crippen LogP) is 1.44. The largest absolute Gasteiger partial charge is 0.373 e. The minimum absolute atomic E-state index is 0.143. The van der Waals surface area contributed by atoms with Gasteiger partial charge in [0.05, 0.1) is 5.60 Å². The van der Waals surface area contributed by atoms with Crippen LogP contribution in [0.1, 0.15) is 46.0 Å². The number of hydrogen-bond donors (Lipinski definition) is 2. The van der Waals surface area contributed by atoms with Crippen molar-refractivity contribution in [3.8, 4) is 0 Å². The summed E-state index contributed by atoms with van der Waals surface area (Å²) in [7, 11) is 0. The Bertz CT molecular complexity index is 300. The van der Waals surface area contributed by atoms with Crippen molar-refractivity contribution >= 4 is 5.91 Å². The molecule has 2 fully saturated rings. The van der Waals surface area contributed by atoms with Crippen molar-refractivity contribution in [1.29, 1.82) is 0 Å². The second-order valence-corrected chi connectivity index (χ2v) is 6.27. The fraction of sp³-hybridized carbons (Fsp3) is 0.929. The highest BCUT2D eigenvalue weighted by molar-refractivity contribution is 5.78. The molecule has 18 heavy (non-hydrogen) atoms. The molecule has 104 valence electrons. The Morgan fingerprint density at radius 1 is 1.50 bits per heavy atom. The summed E-state index contributed by atoms with van der Waals surface area (Å²) in [6.45, 7) is 5.69. The van der Waals surface area contributed by atoms with E-state index in [1.54, 1.807) is 0 Å². The predicted molar refractivity (Wildman–Crippen MR) is 71.1 cm³/mol. The maximum atomic E-state index is 12.1. The van der Waals surface area contributed by atoms with E-state index in [1.807, 2.05) is 0 Å². The standard InChI is InChI=1S/C14H26N2O2/c1-10-8-11(4-5-12(10)15)13(17)16-9-14(2)6-3-7-18-14/h10-12H,3-9,15H2,1-2H3,(H,16,17). The van der Waals surface area contributed by atoms with E-state index < -0.39 is 0 Å². The van der Waals surface area contributed by atoms with E-state index in [4.69, 9.17) is 10.5 Å².